The molecular weight excluding hydrogens is 264 g/mol. The number of halogens is 1. The number of nitrogens with one attached hydrogen (secondary N) is 1. The van der Waals surface area contributed by atoms with E-state index in [0.29, 0.717) is 16.6 Å². The van der Waals surface area contributed by atoms with E-state index in [2.05, 4.69) is 10.3 Å². The van der Waals surface area contributed by atoms with Crippen LogP contribution in [0.15, 0.2) is 48.7 Å². The maximum Gasteiger partial charge on any atom is 0.266 e. The van der Waals surface area contributed by atoms with E-state index >= 15 is 0 Å². The van der Waals surface area contributed by atoms with Crippen LogP contribution < -0.4 is 10.1 Å². The molecule has 0 saturated heterocycles. The third kappa shape index (κ3) is 3.96. The molecule has 1 N–H and O–H groups in total. The van der Waals surface area contributed by atoms with E-state index in [4.69, 9.17) is 16.3 Å². The Morgan fingerprint density at radius 3 is 2.63 bits per heavy atom. The van der Waals surface area contributed by atoms with Crippen LogP contribution in [0.2, 0.25) is 5.02 Å². The minimum Gasteiger partial charge on any atom is -0.481 e. The normalized spacial score (nSPS) is 11.7. The molecule has 2 rings (SSSR count). The van der Waals surface area contributed by atoms with Crippen LogP contribution >= 0.6 is 11.6 Å². The Morgan fingerprint density at radius 1 is 1.26 bits per heavy atom. The Kier molecular flexibility index (Phi) is 4.36. The molecule has 0 bridgehead atoms. The first-order valence-electron chi connectivity index (χ1n) is 5.79. The van der Waals surface area contributed by atoms with Gasteiger partial charge in [-0.2, -0.15) is 0 Å². The monoisotopic (exact) mass is 276 g/mol. The first kappa shape index (κ1) is 13.4. The number of aromatic nitrogens is 1. The molecule has 1 atom stereocenters. The molecular formula is C14H13ClN2O2. The smallest absolute Gasteiger partial charge is 0.266 e. The molecule has 4 nitrogen and oxygen atoms in total. The zero-order chi connectivity index (χ0) is 13.7. The Bertz CT molecular complexity index is 543. The van der Waals surface area contributed by atoms with Gasteiger partial charge in [0.1, 0.15) is 11.6 Å². The number of para-hydroxylation sites is 1. The zero-order valence-corrected chi connectivity index (χ0v) is 11.1. The van der Waals surface area contributed by atoms with Crippen LogP contribution in [0.5, 0.6) is 5.75 Å². The lowest BCUT2D eigenvalue weighted by Gasteiger charge is -2.14. The molecule has 0 fully saturated rings. The largest absolute Gasteiger partial charge is 0.481 e. The summed E-state index contributed by atoms with van der Waals surface area (Å²) < 4.78 is 5.51. The Labute approximate surface area is 116 Å². The molecule has 1 heterocycles. The average Bonchev–Trinajstić information content (AvgIpc) is 2.42. The van der Waals surface area contributed by atoms with Crippen LogP contribution in [-0.2, 0) is 4.79 Å². The summed E-state index contributed by atoms with van der Waals surface area (Å²) in [5.74, 6) is 0.825. The number of nitrogens with zero attached hydrogens (tertiary/aromatic N) is 1. The molecule has 2 aromatic rings. The van der Waals surface area contributed by atoms with E-state index in [1.807, 2.05) is 18.2 Å². The standard InChI is InChI=1S/C14H13ClN2O2/c1-10(19-12-5-3-2-4-6-12)14(18)17-13-8-7-11(15)9-16-13/h2-10H,1H3,(H,16,17,18)/t10-/m1/s1. The lowest BCUT2D eigenvalue weighted by atomic mass is 10.3. The Morgan fingerprint density at radius 2 is 2.00 bits per heavy atom. The van der Waals surface area contributed by atoms with Gasteiger partial charge in [0, 0.05) is 6.20 Å². The van der Waals surface area contributed by atoms with Crippen molar-refractivity contribution >= 4 is 23.3 Å². The van der Waals surface area contributed by atoms with Gasteiger partial charge < -0.3 is 10.1 Å². The van der Waals surface area contributed by atoms with Gasteiger partial charge in [0.15, 0.2) is 6.10 Å². The molecule has 0 unspecified atom stereocenters. The number of benzene rings is 1. The van der Waals surface area contributed by atoms with Crippen molar-refractivity contribution in [3.63, 3.8) is 0 Å². The molecule has 0 spiro atoms. The number of hydrogen-bond acceptors (Lipinski definition) is 3. The predicted molar refractivity (Wildman–Crippen MR) is 74.4 cm³/mol. The number of ether oxygens (including phenoxy) is 1. The fourth-order valence-corrected chi connectivity index (χ4v) is 1.55. The van der Waals surface area contributed by atoms with E-state index in [-0.39, 0.29) is 5.91 Å². The molecule has 0 aliphatic heterocycles. The summed E-state index contributed by atoms with van der Waals surface area (Å²) in [7, 11) is 0. The first-order chi connectivity index (χ1) is 9.15. The number of carbonyl (C=O) groups excluding carboxylic acids is 1. The van der Waals surface area contributed by atoms with Gasteiger partial charge in [0.2, 0.25) is 0 Å². The highest BCUT2D eigenvalue weighted by Crippen LogP contribution is 2.13. The fraction of sp³-hybridized carbons (Fsp3) is 0.143. The highest BCUT2D eigenvalue weighted by atomic mass is 35.5. The van der Waals surface area contributed by atoms with Crippen molar-refractivity contribution in [2.45, 2.75) is 13.0 Å². The minimum absolute atomic E-state index is 0.265. The molecule has 0 radical (unpaired) electrons. The second kappa shape index (κ2) is 6.20. The molecule has 1 amide bonds. The van der Waals surface area contributed by atoms with Crippen LogP contribution in [0.1, 0.15) is 6.92 Å². The predicted octanol–water partition coefficient (Wildman–Crippen LogP) is 3.14. The van der Waals surface area contributed by atoms with Crippen LogP contribution in [0, 0.1) is 0 Å². The van der Waals surface area contributed by atoms with Crippen molar-refractivity contribution in [1.82, 2.24) is 4.98 Å². The maximum atomic E-state index is 11.9. The molecule has 1 aromatic carbocycles. The second-order valence-corrected chi connectivity index (χ2v) is 4.36. The number of rotatable bonds is 4. The quantitative estimate of drug-likeness (QED) is 0.933. The Balaban J connectivity index is 1.94. The summed E-state index contributed by atoms with van der Waals surface area (Å²) in [6.45, 7) is 1.68. The summed E-state index contributed by atoms with van der Waals surface area (Å²) in [6.07, 6.45) is 0.861. The van der Waals surface area contributed by atoms with Gasteiger partial charge in [-0.05, 0) is 31.2 Å². The molecule has 19 heavy (non-hydrogen) atoms. The molecule has 98 valence electrons. The van der Waals surface area contributed by atoms with Gasteiger partial charge >= 0.3 is 0 Å². The highest BCUT2D eigenvalue weighted by Gasteiger charge is 2.15. The van der Waals surface area contributed by atoms with Crippen LogP contribution in [0.3, 0.4) is 0 Å². The SMILES string of the molecule is C[C@@H](Oc1ccccc1)C(=O)Nc1ccc(Cl)cn1. The lowest BCUT2D eigenvalue weighted by molar-refractivity contribution is -0.122. The van der Waals surface area contributed by atoms with Gasteiger partial charge in [0.05, 0.1) is 5.02 Å². The van der Waals surface area contributed by atoms with Crippen LogP contribution in [-0.4, -0.2) is 17.0 Å². The zero-order valence-electron chi connectivity index (χ0n) is 10.3. The van der Waals surface area contributed by atoms with Gasteiger partial charge in [-0.3, -0.25) is 4.79 Å². The molecule has 1 aromatic heterocycles. The first-order valence-corrected chi connectivity index (χ1v) is 6.17. The van der Waals surface area contributed by atoms with Gasteiger partial charge in [-0.25, -0.2) is 4.98 Å². The number of amides is 1. The minimum atomic E-state index is -0.611. The van der Waals surface area contributed by atoms with Crippen molar-refractivity contribution in [1.29, 1.82) is 0 Å². The third-order valence-corrected chi connectivity index (χ3v) is 2.63. The van der Waals surface area contributed by atoms with Crippen molar-refractivity contribution in [2.24, 2.45) is 0 Å². The van der Waals surface area contributed by atoms with Crippen LogP contribution in [0.4, 0.5) is 5.82 Å². The van der Waals surface area contributed by atoms with E-state index in [0.717, 1.165) is 0 Å². The summed E-state index contributed by atoms with van der Waals surface area (Å²) >= 11 is 5.72. The van der Waals surface area contributed by atoms with Crippen LogP contribution in [0.25, 0.3) is 0 Å². The maximum absolute atomic E-state index is 11.9. The van der Waals surface area contributed by atoms with Gasteiger partial charge in [-0.1, -0.05) is 29.8 Å². The fourth-order valence-electron chi connectivity index (χ4n) is 1.43. The van der Waals surface area contributed by atoms with Crippen molar-refractivity contribution in [3.8, 4) is 5.75 Å². The van der Waals surface area contributed by atoms with Crippen molar-refractivity contribution in [2.75, 3.05) is 5.32 Å². The average molecular weight is 277 g/mol. The number of pyridine rings is 1. The molecule has 0 aliphatic carbocycles. The lowest BCUT2D eigenvalue weighted by Crippen LogP contribution is -2.30. The van der Waals surface area contributed by atoms with E-state index in [1.165, 1.54) is 6.20 Å². The third-order valence-electron chi connectivity index (χ3n) is 2.40. The van der Waals surface area contributed by atoms with Crippen molar-refractivity contribution in [3.05, 3.63) is 53.7 Å². The number of carbonyl (C=O) groups is 1. The summed E-state index contributed by atoms with van der Waals surface area (Å²) in [5, 5.41) is 3.18. The molecule has 0 aliphatic rings. The van der Waals surface area contributed by atoms with E-state index in [1.54, 1.807) is 31.2 Å². The van der Waals surface area contributed by atoms with E-state index < -0.39 is 6.10 Å². The summed E-state index contributed by atoms with van der Waals surface area (Å²) in [4.78, 5) is 15.9. The summed E-state index contributed by atoms with van der Waals surface area (Å²) in [5.41, 5.74) is 0. The van der Waals surface area contributed by atoms with E-state index in [9.17, 15) is 4.79 Å². The van der Waals surface area contributed by atoms with Gasteiger partial charge in [0.25, 0.3) is 5.91 Å². The Hall–Kier alpha value is -2.07. The van der Waals surface area contributed by atoms with Gasteiger partial charge in [-0.15, -0.1) is 0 Å². The highest BCUT2D eigenvalue weighted by molar-refractivity contribution is 6.30. The molecule has 0 saturated carbocycles. The number of hydrogen-bond donors (Lipinski definition) is 1. The second-order valence-electron chi connectivity index (χ2n) is 3.92. The van der Waals surface area contributed by atoms with Crippen molar-refractivity contribution < 1.29 is 9.53 Å². The summed E-state index contributed by atoms with van der Waals surface area (Å²) in [6, 6.07) is 12.5. The number of anilines is 1. The topological polar surface area (TPSA) is 51.2 Å². The molecule has 5 heteroatoms.